The fourth-order valence-corrected chi connectivity index (χ4v) is 2.60. The Morgan fingerprint density at radius 3 is 1.96 bits per heavy atom. The topological polar surface area (TPSA) is 46.2 Å². The van der Waals surface area contributed by atoms with Crippen molar-refractivity contribution in [2.45, 2.75) is 6.42 Å². The Labute approximate surface area is 151 Å². The summed E-state index contributed by atoms with van der Waals surface area (Å²) in [4.78, 5) is 24.5. The molecule has 3 nitrogen and oxygen atoms in total. The Hall–Kier alpha value is -3.27. The average Bonchev–Trinajstić information content (AvgIpc) is 2.69. The van der Waals surface area contributed by atoms with E-state index in [4.69, 9.17) is 0 Å². The van der Waals surface area contributed by atoms with Gasteiger partial charge in [-0.25, -0.2) is 4.39 Å². The molecule has 3 aromatic rings. The highest BCUT2D eigenvalue weighted by molar-refractivity contribution is 6.09. The van der Waals surface area contributed by atoms with Crippen LogP contribution in [0.3, 0.4) is 0 Å². The summed E-state index contributed by atoms with van der Waals surface area (Å²) >= 11 is 0. The van der Waals surface area contributed by atoms with Gasteiger partial charge in [-0.05, 0) is 36.2 Å². The van der Waals surface area contributed by atoms with E-state index < -0.39 is 0 Å². The highest BCUT2D eigenvalue weighted by atomic mass is 19.1. The molecule has 0 aliphatic rings. The number of hydrogen-bond acceptors (Lipinski definition) is 2. The Morgan fingerprint density at radius 2 is 1.31 bits per heavy atom. The third-order valence-electron chi connectivity index (χ3n) is 4.06. The summed E-state index contributed by atoms with van der Waals surface area (Å²) in [6.07, 6.45) is 0.622. The van der Waals surface area contributed by atoms with Crippen LogP contribution in [0.4, 0.5) is 4.39 Å². The number of amides is 1. The van der Waals surface area contributed by atoms with E-state index in [0.29, 0.717) is 29.7 Å². The van der Waals surface area contributed by atoms with E-state index in [1.54, 1.807) is 48.5 Å². The number of halogens is 1. The smallest absolute Gasteiger partial charge is 0.251 e. The molecule has 0 aliphatic heterocycles. The number of carbonyl (C=O) groups is 2. The van der Waals surface area contributed by atoms with Gasteiger partial charge in [0.15, 0.2) is 5.78 Å². The number of benzene rings is 3. The first-order valence-corrected chi connectivity index (χ1v) is 8.36. The molecular weight excluding hydrogens is 329 g/mol. The maximum atomic E-state index is 12.9. The normalized spacial score (nSPS) is 10.3. The molecule has 0 saturated carbocycles. The molecule has 0 radical (unpaired) electrons. The lowest BCUT2D eigenvalue weighted by Crippen LogP contribution is -2.25. The first-order chi connectivity index (χ1) is 12.6. The van der Waals surface area contributed by atoms with Crippen molar-refractivity contribution in [3.63, 3.8) is 0 Å². The van der Waals surface area contributed by atoms with Gasteiger partial charge in [-0.15, -0.1) is 0 Å². The molecule has 0 bridgehead atoms. The van der Waals surface area contributed by atoms with Gasteiger partial charge in [0.1, 0.15) is 5.82 Å². The summed E-state index contributed by atoms with van der Waals surface area (Å²) in [6.45, 7) is 0.454. The van der Waals surface area contributed by atoms with Crippen molar-refractivity contribution in [1.29, 1.82) is 0 Å². The average molecular weight is 347 g/mol. The minimum absolute atomic E-state index is 0.0751. The van der Waals surface area contributed by atoms with Crippen LogP contribution in [0, 0.1) is 5.82 Å². The van der Waals surface area contributed by atoms with E-state index in [2.05, 4.69) is 5.32 Å². The Kier molecular flexibility index (Phi) is 5.54. The van der Waals surface area contributed by atoms with Gasteiger partial charge in [0.05, 0.1) is 0 Å². The van der Waals surface area contributed by atoms with Crippen LogP contribution in [0.1, 0.15) is 31.8 Å². The highest BCUT2D eigenvalue weighted by Gasteiger charge is 2.10. The number of rotatable bonds is 6. The monoisotopic (exact) mass is 347 g/mol. The van der Waals surface area contributed by atoms with Gasteiger partial charge >= 0.3 is 0 Å². The molecule has 3 rings (SSSR count). The van der Waals surface area contributed by atoms with Crippen molar-refractivity contribution >= 4 is 11.7 Å². The molecule has 0 aromatic heterocycles. The van der Waals surface area contributed by atoms with Crippen LogP contribution in [-0.2, 0) is 6.42 Å². The van der Waals surface area contributed by atoms with Crippen LogP contribution in [0.15, 0.2) is 78.9 Å². The van der Waals surface area contributed by atoms with Crippen molar-refractivity contribution in [1.82, 2.24) is 5.32 Å². The largest absolute Gasteiger partial charge is 0.352 e. The number of hydrogen-bond donors (Lipinski definition) is 1. The van der Waals surface area contributed by atoms with Crippen molar-refractivity contribution in [3.05, 3.63) is 107 Å². The van der Waals surface area contributed by atoms with Gasteiger partial charge in [-0.1, -0.05) is 54.6 Å². The van der Waals surface area contributed by atoms with Crippen molar-refractivity contribution < 1.29 is 14.0 Å². The van der Waals surface area contributed by atoms with Gasteiger partial charge in [-0.3, -0.25) is 9.59 Å². The summed E-state index contributed by atoms with van der Waals surface area (Å²) in [5.41, 5.74) is 2.60. The van der Waals surface area contributed by atoms with Crippen molar-refractivity contribution in [3.8, 4) is 0 Å². The van der Waals surface area contributed by atoms with Gasteiger partial charge in [0.25, 0.3) is 5.91 Å². The number of ketones is 1. The molecule has 0 aliphatic carbocycles. The fourth-order valence-electron chi connectivity index (χ4n) is 2.60. The van der Waals surface area contributed by atoms with Crippen LogP contribution in [0.2, 0.25) is 0 Å². The van der Waals surface area contributed by atoms with Crippen LogP contribution >= 0.6 is 0 Å². The lowest BCUT2D eigenvalue weighted by atomic mass is 10.0. The zero-order chi connectivity index (χ0) is 18.4. The summed E-state index contributed by atoms with van der Waals surface area (Å²) in [5.74, 6) is -0.553. The Balaban J connectivity index is 1.56. The molecule has 0 spiro atoms. The second-order valence-electron chi connectivity index (χ2n) is 5.90. The number of nitrogens with one attached hydrogen (secondary N) is 1. The first kappa shape index (κ1) is 17.5. The molecular formula is C22H18FNO2. The van der Waals surface area contributed by atoms with E-state index in [1.807, 2.05) is 18.2 Å². The third-order valence-corrected chi connectivity index (χ3v) is 4.06. The Bertz CT molecular complexity index is 888. The highest BCUT2D eigenvalue weighted by Crippen LogP contribution is 2.11. The molecule has 1 amide bonds. The maximum Gasteiger partial charge on any atom is 0.251 e. The summed E-state index contributed by atoms with van der Waals surface area (Å²) in [7, 11) is 0. The zero-order valence-electron chi connectivity index (χ0n) is 14.1. The molecule has 26 heavy (non-hydrogen) atoms. The summed E-state index contributed by atoms with van der Waals surface area (Å²) in [6, 6.07) is 21.8. The molecule has 0 fully saturated rings. The van der Waals surface area contributed by atoms with Crippen molar-refractivity contribution in [2.75, 3.05) is 6.54 Å². The predicted octanol–water partition coefficient (Wildman–Crippen LogP) is 4.03. The van der Waals surface area contributed by atoms with E-state index in [0.717, 1.165) is 5.56 Å². The summed E-state index contributed by atoms with van der Waals surface area (Å²) in [5, 5.41) is 2.82. The van der Waals surface area contributed by atoms with E-state index >= 15 is 0 Å². The first-order valence-electron chi connectivity index (χ1n) is 8.36. The van der Waals surface area contributed by atoms with Gasteiger partial charge in [0, 0.05) is 23.2 Å². The molecule has 3 aromatic carbocycles. The lowest BCUT2D eigenvalue weighted by Gasteiger charge is -2.07. The Morgan fingerprint density at radius 1 is 0.731 bits per heavy atom. The third kappa shape index (κ3) is 4.42. The standard InChI is InChI=1S/C22H18FNO2/c23-20-12-6-16(7-13-20)14-15-24-22(26)19-10-8-18(9-11-19)21(25)17-4-2-1-3-5-17/h1-13H,14-15H2,(H,24,26). The van der Waals surface area contributed by atoms with Gasteiger partial charge < -0.3 is 5.32 Å². The molecule has 130 valence electrons. The van der Waals surface area contributed by atoms with E-state index in [1.165, 1.54) is 12.1 Å². The van der Waals surface area contributed by atoms with Gasteiger partial charge in [0.2, 0.25) is 0 Å². The molecule has 1 N–H and O–H groups in total. The zero-order valence-corrected chi connectivity index (χ0v) is 14.1. The quantitative estimate of drug-likeness (QED) is 0.684. The van der Waals surface area contributed by atoms with Crippen molar-refractivity contribution in [2.24, 2.45) is 0 Å². The molecule has 0 saturated heterocycles. The van der Waals surface area contributed by atoms with Crippen LogP contribution in [0.5, 0.6) is 0 Å². The SMILES string of the molecule is O=C(NCCc1ccc(F)cc1)c1ccc(C(=O)c2ccccc2)cc1. The molecule has 0 unspecified atom stereocenters. The second-order valence-corrected chi connectivity index (χ2v) is 5.90. The lowest BCUT2D eigenvalue weighted by molar-refractivity contribution is 0.0952. The van der Waals surface area contributed by atoms with Crippen LogP contribution in [0.25, 0.3) is 0 Å². The molecule has 0 heterocycles. The van der Waals surface area contributed by atoms with Crippen LogP contribution in [-0.4, -0.2) is 18.2 Å². The predicted molar refractivity (Wildman–Crippen MR) is 98.8 cm³/mol. The summed E-state index contributed by atoms with van der Waals surface area (Å²) < 4.78 is 12.9. The molecule has 0 atom stereocenters. The minimum atomic E-state index is -0.275. The van der Waals surface area contributed by atoms with Gasteiger partial charge in [-0.2, -0.15) is 0 Å². The fraction of sp³-hybridized carbons (Fsp3) is 0.0909. The van der Waals surface area contributed by atoms with E-state index in [9.17, 15) is 14.0 Å². The molecule has 4 heteroatoms. The number of carbonyl (C=O) groups excluding carboxylic acids is 2. The van der Waals surface area contributed by atoms with Crippen LogP contribution < -0.4 is 5.32 Å². The second kappa shape index (κ2) is 8.21. The maximum absolute atomic E-state index is 12.9. The minimum Gasteiger partial charge on any atom is -0.352 e. The van der Waals surface area contributed by atoms with E-state index in [-0.39, 0.29) is 17.5 Å².